The van der Waals surface area contributed by atoms with Gasteiger partial charge in [-0.05, 0) is 24.0 Å². The normalized spacial score (nSPS) is 11.8. The summed E-state index contributed by atoms with van der Waals surface area (Å²) in [5, 5.41) is 15.2. The fourth-order valence-corrected chi connectivity index (χ4v) is 2.22. The van der Waals surface area contributed by atoms with E-state index in [4.69, 9.17) is 9.84 Å². The first kappa shape index (κ1) is 17.5. The van der Waals surface area contributed by atoms with Crippen molar-refractivity contribution < 1.29 is 19.4 Å². The Balaban J connectivity index is 1.92. The first-order valence-electron chi connectivity index (χ1n) is 7.76. The Hall–Kier alpha value is -2.83. The highest BCUT2D eigenvalue weighted by Gasteiger charge is 2.12. The van der Waals surface area contributed by atoms with E-state index in [0.717, 1.165) is 12.0 Å². The van der Waals surface area contributed by atoms with E-state index in [9.17, 15) is 9.59 Å². The SMILES string of the molecule is CCC(C)c1ccccc1OCC(=O)Nc1ccn(CC(=O)O)n1. The highest BCUT2D eigenvalue weighted by molar-refractivity contribution is 5.90. The summed E-state index contributed by atoms with van der Waals surface area (Å²) in [4.78, 5) is 22.6. The molecule has 1 heterocycles. The molecular weight excluding hydrogens is 310 g/mol. The van der Waals surface area contributed by atoms with Gasteiger partial charge in [-0.15, -0.1) is 0 Å². The van der Waals surface area contributed by atoms with Gasteiger partial charge in [0.05, 0.1) is 0 Å². The van der Waals surface area contributed by atoms with E-state index in [1.165, 1.54) is 16.9 Å². The molecule has 0 saturated carbocycles. The Bertz CT molecular complexity index is 711. The standard InChI is InChI=1S/C17H21N3O4/c1-3-12(2)13-6-4-5-7-14(13)24-11-16(21)18-15-8-9-20(19-15)10-17(22)23/h4-9,12H,3,10-11H2,1-2H3,(H,22,23)(H,18,19,21). The number of para-hydroxylation sites is 1. The number of nitrogens with zero attached hydrogens (tertiary/aromatic N) is 2. The molecule has 1 amide bonds. The zero-order valence-corrected chi connectivity index (χ0v) is 13.7. The number of amides is 1. The number of aliphatic carboxylic acids is 1. The van der Waals surface area contributed by atoms with Crippen LogP contribution in [0.25, 0.3) is 0 Å². The van der Waals surface area contributed by atoms with Gasteiger partial charge in [-0.25, -0.2) is 0 Å². The topological polar surface area (TPSA) is 93.5 Å². The van der Waals surface area contributed by atoms with Gasteiger partial charge in [0.2, 0.25) is 0 Å². The highest BCUT2D eigenvalue weighted by Crippen LogP contribution is 2.28. The van der Waals surface area contributed by atoms with Gasteiger partial charge >= 0.3 is 5.97 Å². The van der Waals surface area contributed by atoms with Crippen LogP contribution in [0.5, 0.6) is 5.75 Å². The lowest BCUT2D eigenvalue weighted by Gasteiger charge is -2.15. The molecule has 0 radical (unpaired) electrons. The molecule has 0 bridgehead atoms. The van der Waals surface area contributed by atoms with Gasteiger partial charge in [0.1, 0.15) is 12.3 Å². The quantitative estimate of drug-likeness (QED) is 0.775. The molecule has 0 spiro atoms. The van der Waals surface area contributed by atoms with Crippen LogP contribution < -0.4 is 10.1 Å². The molecule has 2 aromatic rings. The summed E-state index contributed by atoms with van der Waals surface area (Å²) in [6, 6.07) is 9.19. The van der Waals surface area contributed by atoms with Crippen molar-refractivity contribution in [3.8, 4) is 5.75 Å². The first-order valence-corrected chi connectivity index (χ1v) is 7.76. The van der Waals surface area contributed by atoms with E-state index in [1.54, 1.807) is 0 Å². The molecule has 7 nitrogen and oxygen atoms in total. The third-order valence-corrected chi connectivity index (χ3v) is 3.63. The second-order valence-electron chi connectivity index (χ2n) is 5.48. The minimum absolute atomic E-state index is 0.140. The molecular formula is C17H21N3O4. The lowest BCUT2D eigenvalue weighted by Crippen LogP contribution is -2.21. The van der Waals surface area contributed by atoms with Crippen LogP contribution in [0.15, 0.2) is 36.5 Å². The van der Waals surface area contributed by atoms with Crippen LogP contribution in [0.2, 0.25) is 0 Å². The molecule has 2 rings (SSSR count). The number of anilines is 1. The number of rotatable bonds is 8. The molecule has 0 aliphatic rings. The lowest BCUT2D eigenvalue weighted by atomic mass is 9.98. The summed E-state index contributed by atoms with van der Waals surface area (Å²) in [6.45, 7) is 3.81. The fourth-order valence-electron chi connectivity index (χ4n) is 2.22. The third-order valence-electron chi connectivity index (χ3n) is 3.63. The summed E-state index contributed by atoms with van der Waals surface area (Å²) in [6.07, 6.45) is 2.47. The van der Waals surface area contributed by atoms with E-state index in [0.29, 0.717) is 17.5 Å². The Labute approximate surface area is 140 Å². The predicted octanol–water partition coefficient (Wildman–Crippen LogP) is 2.50. The van der Waals surface area contributed by atoms with Gasteiger partial charge in [0, 0.05) is 12.3 Å². The third kappa shape index (κ3) is 4.84. The van der Waals surface area contributed by atoms with Crippen LogP contribution in [0.4, 0.5) is 5.82 Å². The number of carboxylic acids is 1. The lowest BCUT2D eigenvalue weighted by molar-refractivity contribution is -0.137. The largest absolute Gasteiger partial charge is 0.483 e. The monoisotopic (exact) mass is 331 g/mol. The van der Waals surface area contributed by atoms with Gasteiger partial charge in [0.15, 0.2) is 12.4 Å². The van der Waals surface area contributed by atoms with E-state index in [1.807, 2.05) is 24.3 Å². The number of benzene rings is 1. The molecule has 1 atom stereocenters. The molecule has 0 fully saturated rings. The maximum atomic E-state index is 12.0. The Morgan fingerprint density at radius 2 is 2.08 bits per heavy atom. The second-order valence-corrected chi connectivity index (χ2v) is 5.48. The minimum Gasteiger partial charge on any atom is -0.483 e. The first-order chi connectivity index (χ1) is 11.5. The summed E-state index contributed by atoms with van der Waals surface area (Å²) in [5.41, 5.74) is 1.07. The zero-order chi connectivity index (χ0) is 17.5. The van der Waals surface area contributed by atoms with Crippen LogP contribution in [-0.4, -0.2) is 33.4 Å². The second kappa shape index (κ2) is 8.14. The van der Waals surface area contributed by atoms with Crippen molar-refractivity contribution >= 4 is 17.7 Å². The number of ether oxygens (including phenoxy) is 1. The van der Waals surface area contributed by atoms with Crippen LogP contribution in [-0.2, 0) is 16.1 Å². The van der Waals surface area contributed by atoms with Crippen molar-refractivity contribution in [2.24, 2.45) is 0 Å². The van der Waals surface area contributed by atoms with E-state index >= 15 is 0 Å². The van der Waals surface area contributed by atoms with Crippen molar-refractivity contribution in [1.29, 1.82) is 0 Å². The molecule has 0 saturated heterocycles. The molecule has 128 valence electrons. The number of hydrogen-bond donors (Lipinski definition) is 2. The zero-order valence-electron chi connectivity index (χ0n) is 13.7. The molecule has 2 N–H and O–H groups in total. The highest BCUT2D eigenvalue weighted by atomic mass is 16.5. The maximum absolute atomic E-state index is 12.0. The van der Waals surface area contributed by atoms with Gasteiger partial charge in [-0.3, -0.25) is 14.3 Å². The average molecular weight is 331 g/mol. The van der Waals surface area contributed by atoms with E-state index in [2.05, 4.69) is 24.3 Å². The molecule has 0 aliphatic carbocycles. The maximum Gasteiger partial charge on any atom is 0.325 e. The van der Waals surface area contributed by atoms with Crippen LogP contribution in [0.1, 0.15) is 31.7 Å². The molecule has 24 heavy (non-hydrogen) atoms. The average Bonchev–Trinajstić information content (AvgIpc) is 2.98. The number of carboxylic acid groups (broad SMARTS) is 1. The van der Waals surface area contributed by atoms with Crippen LogP contribution in [0.3, 0.4) is 0 Å². The number of hydrogen-bond acceptors (Lipinski definition) is 4. The summed E-state index contributed by atoms with van der Waals surface area (Å²) < 4.78 is 6.86. The Kier molecular flexibility index (Phi) is 5.95. The summed E-state index contributed by atoms with van der Waals surface area (Å²) in [7, 11) is 0. The van der Waals surface area contributed by atoms with Crippen LogP contribution in [0, 0.1) is 0 Å². The molecule has 7 heteroatoms. The smallest absolute Gasteiger partial charge is 0.325 e. The van der Waals surface area contributed by atoms with Gasteiger partial charge < -0.3 is 15.2 Å². The molecule has 1 unspecified atom stereocenters. The van der Waals surface area contributed by atoms with Crippen molar-refractivity contribution in [2.75, 3.05) is 11.9 Å². The number of aromatic nitrogens is 2. The summed E-state index contributed by atoms with van der Waals surface area (Å²) >= 11 is 0. The number of carbonyl (C=O) groups is 2. The van der Waals surface area contributed by atoms with Crippen molar-refractivity contribution in [1.82, 2.24) is 9.78 Å². The minimum atomic E-state index is -0.999. The number of carbonyl (C=O) groups excluding carboxylic acids is 1. The molecule has 1 aromatic heterocycles. The predicted molar refractivity (Wildman–Crippen MR) is 89.1 cm³/mol. The van der Waals surface area contributed by atoms with Crippen molar-refractivity contribution in [3.05, 3.63) is 42.1 Å². The Morgan fingerprint density at radius 1 is 1.33 bits per heavy atom. The summed E-state index contributed by atoms with van der Waals surface area (Å²) in [5.74, 6) is -0.0232. The van der Waals surface area contributed by atoms with Crippen molar-refractivity contribution in [2.45, 2.75) is 32.7 Å². The fraction of sp³-hybridized carbons (Fsp3) is 0.353. The molecule has 0 aliphatic heterocycles. The van der Waals surface area contributed by atoms with E-state index in [-0.39, 0.29) is 19.1 Å². The van der Waals surface area contributed by atoms with Crippen molar-refractivity contribution in [3.63, 3.8) is 0 Å². The van der Waals surface area contributed by atoms with E-state index < -0.39 is 5.97 Å². The Morgan fingerprint density at radius 3 is 2.79 bits per heavy atom. The van der Waals surface area contributed by atoms with Gasteiger partial charge in [-0.1, -0.05) is 32.0 Å². The number of nitrogens with one attached hydrogen (secondary N) is 1. The van der Waals surface area contributed by atoms with Crippen LogP contribution >= 0.6 is 0 Å². The van der Waals surface area contributed by atoms with Gasteiger partial charge in [0.25, 0.3) is 5.91 Å². The van der Waals surface area contributed by atoms with Gasteiger partial charge in [-0.2, -0.15) is 5.10 Å². The molecule has 1 aromatic carbocycles.